The summed E-state index contributed by atoms with van der Waals surface area (Å²) in [6.45, 7) is 3.96. The molecule has 0 bridgehead atoms. The van der Waals surface area contributed by atoms with Crippen LogP contribution in [0, 0.1) is 0 Å². The Hall–Kier alpha value is -1.63. The van der Waals surface area contributed by atoms with Crippen LogP contribution < -0.4 is 15.5 Å². The van der Waals surface area contributed by atoms with Crippen LogP contribution in [0.2, 0.25) is 10.2 Å². The topological polar surface area (TPSA) is 53.1 Å². The first-order valence-corrected chi connectivity index (χ1v) is 12.2. The Labute approximate surface area is 199 Å². The van der Waals surface area contributed by atoms with Crippen LogP contribution in [0.4, 0.5) is 11.8 Å². The van der Waals surface area contributed by atoms with Gasteiger partial charge in [-0.2, -0.15) is 4.98 Å². The van der Waals surface area contributed by atoms with Crippen LogP contribution in [-0.4, -0.2) is 34.2 Å². The molecule has 2 fully saturated rings. The molecule has 0 unspecified atom stereocenters. The monoisotopic (exact) mass is 477 g/mol. The second-order valence-corrected chi connectivity index (χ2v) is 9.95. The summed E-state index contributed by atoms with van der Waals surface area (Å²) in [4.78, 5) is 11.3. The molecular weight excluding hydrogens is 449 g/mol. The first-order chi connectivity index (χ1) is 14.9. The lowest BCUT2D eigenvalue weighted by atomic mass is 9.79. The fraction of sp³-hybridized carbons (Fsp3) is 0.522. The fourth-order valence-corrected chi connectivity index (χ4v) is 5.41. The second kappa shape index (κ2) is 9.88. The van der Waals surface area contributed by atoms with Gasteiger partial charge in [-0.3, -0.25) is 0 Å². The normalized spacial score (nSPS) is 20.5. The molecular formula is C23H29Cl2N5S. The Morgan fingerprint density at radius 2 is 1.97 bits per heavy atom. The largest absolute Gasteiger partial charge is 0.361 e. The van der Waals surface area contributed by atoms with E-state index in [1.165, 1.54) is 31.2 Å². The van der Waals surface area contributed by atoms with Crippen LogP contribution in [0.3, 0.4) is 0 Å². The van der Waals surface area contributed by atoms with E-state index in [-0.39, 0.29) is 5.41 Å². The molecule has 0 spiro atoms. The lowest BCUT2D eigenvalue weighted by molar-refractivity contribution is 0.435. The van der Waals surface area contributed by atoms with Crippen LogP contribution in [0.15, 0.2) is 30.3 Å². The summed E-state index contributed by atoms with van der Waals surface area (Å²) in [5.41, 5.74) is 1.31. The minimum atomic E-state index is 0.0419. The van der Waals surface area contributed by atoms with Crippen molar-refractivity contribution in [2.45, 2.75) is 63.3 Å². The number of hydrogen-bond donors (Lipinski definition) is 2. The van der Waals surface area contributed by atoms with E-state index < -0.39 is 0 Å². The van der Waals surface area contributed by atoms with E-state index in [2.05, 4.69) is 44.6 Å². The molecule has 31 heavy (non-hydrogen) atoms. The maximum absolute atomic E-state index is 6.30. The first-order valence-electron chi connectivity index (χ1n) is 11.1. The van der Waals surface area contributed by atoms with Gasteiger partial charge in [-0.15, -0.1) is 0 Å². The highest BCUT2D eigenvalue weighted by atomic mass is 35.5. The zero-order chi connectivity index (χ0) is 21.8. The molecule has 1 atom stereocenters. The average molecular weight is 478 g/mol. The molecule has 2 heterocycles. The predicted molar refractivity (Wildman–Crippen MR) is 134 cm³/mol. The third-order valence-electron chi connectivity index (χ3n) is 6.59. The van der Waals surface area contributed by atoms with Crippen molar-refractivity contribution in [3.8, 4) is 0 Å². The van der Waals surface area contributed by atoms with Gasteiger partial charge >= 0.3 is 0 Å². The summed E-state index contributed by atoms with van der Waals surface area (Å²) >= 11 is 18.1. The number of aromatic nitrogens is 2. The van der Waals surface area contributed by atoms with E-state index in [9.17, 15) is 0 Å². The number of halogens is 2. The minimum absolute atomic E-state index is 0.0419. The van der Waals surface area contributed by atoms with Crippen molar-refractivity contribution in [3.05, 3.63) is 46.1 Å². The van der Waals surface area contributed by atoms with Crippen molar-refractivity contribution in [3.63, 3.8) is 0 Å². The Bertz CT molecular complexity index is 932. The van der Waals surface area contributed by atoms with Gasteiger partial charge in [0.25, 0.3) is 0 Å². The molecule has 5 nitrogen and oxygen atoms in total. The molecule has 1 aliphatic carbocycles. The van der Waals surface area contributed by atoms with Gasteiger partial charge in [0, 0.05) is 35.6 Å². The molecule has 1 aromatic carbocycles. The highest BCUT2D eigenvalue weighted by Crippen LogP contribution is 2.41. The van der Waals surface area contributed by atoms with Crippen LogP contribution >= 0.6 is 35.4 Å². The summed E-state index contributed by atoms with van der Waals surface area (Å²) in [5.74, 6) is 1.28. The molecule has 1 aliphatic heterocycles. The smallest absolute Gasteiger partial charge is 0.232 e. The predicted octanol–water partition coefficient (Wildman–Crippen LogP) is 5.96. The number of anilines is 2. The zero-order valence-corrected chi connectivity index (χ0v) is 20.2. The lowest BCUT2D eigenvalue weighted by Crippen LogP contribution is -2.41. The second-order valence-electron chi connectivity index (χ2n) is 8.72. The standard InChI is InChI=1S/C23H29Cl2N5S/c1-16-7-2-5-12-30(16)20-14-19(25)27-21(28-20)29-22(31)26-15-23(10-3-4-11-23)17-8-6-9-18(24)13-17/h6,8-9,13-14,16H,2-5,7,10-12,15H2,1H3,(H2,26,27,28,29,31)/t16-/m1/s1. The van der Waals surface area contributed by atoms with Gasteiger partial charge in [-0.1, -0.05) is 48.2 Å². The molecule has 8 heteroatoms. The van der Waals surface area contributed by atoms with Crippen molar-refractivity contribution >= 4 is 52.3 Å². The van der Waals surface area contributed by atoms with Crippen molar-refractivity contribution in [1.29, 1.82) is 0 Å². The van der Waals surface area contributed by atoms with Crippen molar-refractivity contribution in [2.24, 2.45) is 0 Å². The number of piperidine rings is 1. The maximum atomic E-state index is 6.30. The Morgan fingerprint density at radius 3 is 2.71 bits per heavy atom. The molecule has 0 amide bonds. The summed E-state index contributed by atoms with van der Waals surface area (Å²) in [5, 5.41) is 8.24. The maximum Gasteiger partial charge on any atom is 0.232 e. The third-order valence-corrected chi connectivity index (χ3v) is 7.26. The molecule has 4 rings (SSSR count). The van der Waals surface area contributed by atoms with Crippen molar-refractivity contribution in [1.82, 2.24) is 15.3 Å². The van der Waals surface area contributed by atoms with Crippen LogP contribution in [0.5, 0.6) is 0 Å². The van der Waals surface area contributed by atoms with E-state index >= 15 is 0 Å². The average Bonchev–Trinajstić information content (AvgIpc) is 3.22. The highest BCUT2D eigenvalue weighted by molar-refractivity contribution is 7.80. The number of nitrogens with zero attached hydrogens (tertiary/aromatic N) is 3. The summed E-state index contributed by atoms with van der Waals surface area (Å²) < 4.78 is 0. The molecule has 166 valence electrons. The quantitative estimate of drug-likeness (QED) is 0.409. The number of hydrogen-bond acceptors (Lipinski definition) is 4. The van der Waals surface area contributed by atoms with Gasteiger partial charge in [0.2, 0.25) is 5.95 Å². The van der Waals surface area contributed by atoms with Gasteiger partial charge in [-0.05, 0) is 68.9 Å². The summed E-state index contributed by atoms with van der Waals surface area (Å²) in [6.07, 6.45) is 8.24. The Balaban J connectivity index is 1.44. The van der Waals surface area contributed by atoms with Crippen LogP contribution in [-0.2, 0) is 5.41 Å². The van der Waals surface area contributed by atoms with Crippen LogP contribution in [0.25, 0.3) is 0 Å². The number of benzene rings is 1. The van der Waals surface area contributed by atoms with Gasteiger partial charge in [0.15, 0.2) is 5.11 Å². The number of rotatable bonds is 5. The molecule has 2 aromatic rings. The Kier molecular flexibility index (Phi) is 7.19. The first kappa shape index (κ1) is 22.6. The molecule has 0 radical (unpaired) electrons. The van der Waals surface area contributed by atoms with Crippen molar-refractivity contribution < 1.29 is 0 Å². The molecule has 1 saturated carbocycles. The Morgan fingerprint density at radius 1 is 1.16 bits per heavy atom. The summed E-state index contributed by atoms with van der Waals surface area (Å²) in [6, 6.07) is 10.5. The van der Waals surface area contributed by atoms with E-state index in [4.69, 9.17) is 35.4 Å². The van der Waals surface area contributed by atoms with E-state index in [0.29, 0.717) is 22.3 Å². The van der Waals surface area contributed by atoms with Gasteiger partial charge < -0.3 is 15.5 Å². The van der Waals surface area contributed by atoms with Crippen molar-refractivity contribution in [2.75, 3.05) is 23.3 Å². The minimum Gasteiger partial charge on any atom is -0.361 e. The molecule has 2 N–H and O–H groups in total. The van der Waals surface area contributed by atoms with Gasteiger partial charge in [-0.25, -0.2) is 4.98 Å². The molecule has 2 aliphatic rings. The SMILES string of the molecule is C[C@@H]1CCCCN1c1cc(Cl)nc(NC(=S)NCC2(c3cccc(Cl)c3)CCCC2)n1. The van der Waals surface area contributed by atoms with E-state index in [0.717, 1.165) is 43.2 Å². The van der Waals surface area contributed by atoms with Gasteiger partial charge in [0.1, 0.15) is 11.0 Å². The molecule has 1 saturated heterocycles. The van der Waals surface area contributed by atoms with Gasteiger partial charge in [0.05, 0.1) is 0 Å². The van der Waals surface area contributed by atoms with E-state index in [1.807, 2.05) is 18.2 Å². The lowest BCUT2D eigenvalue weighted by Gasteiger charge is -2.34. The van der Waals surface area contributed by atoms with E-state index in [1.54, 1.807) is 0 Å². The molecule has 1 aromatic heterocycles. The zero-order valence-electron chi connectivity index (χ0n) is 17.8. The highest BCUT2D eigenvalue weighted by Gasteiger charge is 2.35. The number of nitrogens with one attached hydrogen (secondary N) is 2. The fourth-order valence-electron chi connectivity index (χ4n) is 4.88. The third kappa shape index (κ3) is 5.41. The summed E-state index contributed by atoms with van der Waals surface area (Å²) in [7, 11) is 0. The number of thiocarbonyl (C=S) groups is 1. The van der Waals surface area contributed by atoms with Crippen LogP contribution in [0.1, 0.15) is 57.4 Å².